The minimum absolute atomic E-state index is 0.280. The van der Waals surface area contributed by atoms with Crippen LogP contribution in [0.5, 0.6) is 0 Å². The van der Waals surface area contributed by atoms with Crippen molar-refractivity contribution < 1.29 is 4.74 Å². The minimum Gasteiger partial charge on any atom is -0.372 e. The van der Waals surface area contributed by atoms with E-state index in [2.05, 4.69) is 18.7 Å². The number of ether oxygens (including phenoxy) is 1. The summed E-state index contributed by atoms with van der Waals surface area (Å²) < 4.78 is 5.63. The Balaban J connectivity index is 1.93. The van der Waals surface area contributed by atoms with Crippen molar-refractivity contribution in [1.29, 1.82) is 5.41 Å². The Hall–Kier alpha value is -0.570. The first-order valence-corrected chi connectivity index (χ1v) is 5.15. The van der Waals surface area contributed by atoms with Crippen LogP contribution in [0.15, 0.2) is 0 Å². The number of hydrogen-bond acceptors (Lipinski definition) is 2. The molecule has 0 amide bonds. The third-order valence-corrected chi connectivity index (χ3v) is 2.72. The van der Waals surface area contributed by atoms with E-state index in [9.17, 15) is 0 Å². The fourth-order valence-corrected chi connectivity index (χ4v) is 1.99. The zero-order valence-electron chi connectivity index (χ0n) is 8.42. The van der Waals surface area contributed by atoms with Crippen LogP contribution in [-0.2, 0) is 4.74 Å². The lowest BCUT2D eigenvalue weighted by Crippen LogP contribution is -2.48. The minimum atomic E-state index is 0.280. The fraction of sp³-hybridized carbons (Fsp3) is 0.900. The van der Waals surface area contributed by atoms with Crippen molar-refractivity contribution in [2.45, 2.75) is 38.9 Å². The Labute approximate surface area is 79.6 Å². The second kappa shape index (κ2) is 3.29. The zero-order chi connectivity index (χ0) is 9.42. The standard InChI is InChI=1S/C10H18N2O/c1-7-5-12(6-8(2)13-7)10(11)9-3-4-9/h7-9,11H,3-6H2,1-2H3. The van der Waals surface area contributed by atoms with Crippen LogP contribution in [0.2, 0.25) is 0 Å². The first-order chi connectivity index (χ1) is 6.16. The van der Waals surface area contributed by atoms with Crippen LogP contribution in [0.25, 0.3) is 0 Å². The summed E-state index contributed by atoms with van der Waals surface area (Å²) in [5.41, 5.74) is 0. The van der Waals surface area contributed by atoms with Crippen LogP contribution in [0, 0.1) is 11.3 Å². The summed E-state index contributed by atoms with van der Waals surface area (Å²) >= 11 is 0. The zero-order valence-corrected chi connectivity index (χ0v) is 8.42. The maximum Gasteiger partial charge on any atom is 0.0991 e. The molecule has 0 aromatic carbocycles. The smallest absolute Gasteiger partial charge is 0.0991 e. The quantitative estimate of drug-likeness (QED) is 0.492. The van der Waals surface area contributed by atoms with Crippen molar-refractivity contribution >= 4 is 5.84 Å². The second-order valence-electron chi connectivity index (χ2n) is 4.32. The van der Waals surface area contributed by atoms with Crippen LogP contribution >= 0.6 is 0 Å². The van der Waals surface area contributed by atoms with Gasteiger partial charge < -0.3 is 9.64 Å². The largest absolute Gasteiger partial charge is 0.372 e. The van der Waals surface area contributed by atoms with E-state index in [1.54, 1.807) is 0 Å². The molecule has 2 aliphatic rings. The maximum absolute atomic E-state index is 7.95. The molecule has 0 bridgehead atoms. The highest BCUT2D eigenvalue weighted by Gasteiger charge is 2.33. The average Bonchev–Trinajstić information content (AvgIpc) is 2.83. The predicted octanol–water partition coefficient (Wildman–Crippen LogP) is 1.48. The summed E-state index contributed by atoms with van der Waals surface area (Å²) in [6, 6.07) is 0. The van der Waals surface area contributed by atoms with Gasteiger partial charge in [0.15, 0.2) is 0 Å². The summed E-state index contributed by atoms with van der Waals surface area (Å²) in [4.78, 5) is 2.19. The summed E-state index contributed by atoms with van der Waals surface area (Å²) in [6.45, 7) is 5.98. The lowest BCUT2D eigenvalue weighted by atomic mass is 10.2. The lowest BCUT2D eigenvalue weighted by Gasteiger charge is -2.37. The van der Waals surface area contributed by atoms with Crippen LogP contribution in [0.4, 0.5) is 0 Å². The van der Waals surface area contributed by atoms with Gasteiger partial charge >= 0.3 is 0 Å². The van der Waals surface area contributed by atoms with Crippen molar-refractivity contribution in [3.8, 4) is 0 Å². The van der Waals surface area contributed by atoms with E-state index in [-0.39, 0.29) is 12.2 Å². The average molecular weight is 182 g/mol. The molecular weight excluding hydrogens is 164 g/mol. The molecular formula is C10H18N2O. The summed E-state index contributed by atoms with van der Waals surface area (Å²) in [5.74, 6) is 1.42. The molecule has 13 heavy (non-hydrogen) atoms. The number of morpholine rings is 1. The Morgan fingerprint density at radius 1 is 1.23 bits per heavy atom. The Morgan fingerprint density at radius 2 is 1.77 bits per heavy atom. The number of nitrogens with one attached hydrogen (secondary N) is 1. The van der Waals surface area contributed by atoms with Crippen molar-refractivity contribution in [1.82, 2.24) is 4.90 Å². The number of amidine groups is 1. The Kier molecular flexibility index (Phi) is 2.28. The highest BCUT2D eigenvalue weighted by atomic mass is 16.5. The van der Waals surface area contributed by atoms with Gasteiger partial charge in [-0.05, 0) is 26.7 Å². The van der Waals surface area contributed by atoms with Gasteiger partial charge in [0.1, 0.15) is 0 Å². The molecule has 2 unspecified atom stereocenters. The molecule has 1 heterocycles. The molecule has 1 saturated carbocycles. The molecule has 74 valence electrons. The normalized spacial score (nSPS) is 34.8. The molecule has 0 aromatic rings. The van der Waals surface area contributed by atoms with Gasteiger partial charge in [-0.25, -0.2) is 0 Å². The van der Waals surface area contributed by atoms with E-state index >= 15 is 0 Å². The van der Waals surface area contributed by atoms with Gasteiger partial charge in [-0.3, -0.25) is 5.41 Å². The van der Waals surface area contributed by atoms with Crippen molar-refractivity contribution in [2.75, 3.05) is 13.1 Å². The molecule has 3 nitrogen and oxygen atoms in total. The van der Waals surface area contributed by atoms with Gasteiger partial charge in [0.25, 0.3) is 0 Å². The van der Waals surface area contributed by atoms with Gasteiger partial charge in [-0.2, -0.15) is 0 Å². The molecule has 1 N–H and O–H groups in total. The van der Waals surface area contributed by atoms with Crippen LogP contribution < -0.4 is 0 Å². The van der Waals surface area contributed by atoms with Crippen molar-refractivity contribution in [3.05, 3.63) is 0 Å². The van der Waals surface area contributed by atoms with Crippen molar-refractivity contribution in [2.24, 2.45) is 5.92 Å². The Bertz CT molecular complexity index is 203. The van der Waals surface area contributed by atoms with Gasteiger partial charge in [0.05, 0.1) is 18.0 Å². The van der Waals surface area contributed by atoms with E-state index in [4.69, 9.17) is 10.1 Å². The first kappa shape index (κ1) is 9.00. The Morgan fingerprint density at radius 3 is 2.23 bits per heavy atom. The molecule has 2 fully saturated rings. The van der Waals surface area contributed by atoms with Crippen LogP contribution in [-0.4, -0.2) is 36.0 Å². The van der Waals surface area contributed by atoms with Gasteiger partial charge in [0, 0.05) is 19.0 Å². The molecule has 0 aromatic heterocycles. The van der Waals surface area contributed by atoms with Crippen LogP contribution in [0.1, 0.15) is 26.7 Å². The molecule has 0 spiro atoms. The first-order valence-electron chi connectivity index (χ1n) is 5.15. The third kappa shape index (κ3) is 2.02. The highest BCUT2D eigenvalue weighted by molar-refractivity contribution is 5.83. The molecule has 1 aliphatic heterocycles. The highest BCUT2D eigenvalue weighted by Crippen LogP contribution is 2.32. The summed E-state index contributed by atoms with van der Waals surface area (Å²) in [6.07, 6.45) is 3.00. The predicted molar refractivity (Wildman–Crippen MR) is 52.0 cm³/mol. The molecule has 2 atom stereocenters. The topological polar surface area (TPSA) is 36.3 Å². The van der Waals surface area contributed by atoms with Crippen molar-refractivity contribution in [3.63, 3.8) is 0 Å². The van der Waals surface area contributed by atoms with Gasteiger partial charge in [-0.1, -0.05) is 0 Å². The van der Waals surface area contributed by atoms with E-state index in [0.29, 0.717) is 5.92 Å². The van der Waals surface area contributed by atoms with E-state index in [0.717, 1.165) is 18.9 Å². The summed E-state index contributed by atoms with van der Waals surface area (Å²) in [7, 11) is 0. The van der Waals surface area contributed by atoms with E-state index in [1.807, 2.05) is 0 Å². The van der Waals surface area contributed by atoms with Gasteiger partial charge in [-0.15, -0.1) is 0 Å². The molecule has 2 rings (SSSR count). The molecule has 1 saturated heterocycles. The molecule has 0 radical (unpaired) electrons. The SMILES string of the molecule is CC1CN(C(=N)C2CC2)CC(C)O1. The van der Waals surface area contributed by atoms with Crippen LogP contribution in [0.3, 0.4) is 0 Å². The monoisotopic (exact) mass is 182 g/mol. The number of rotatable bonds is 1. The van der Waals surface area contributed by atoms with E-state index in [1.165, 1.54) is 12.8 Å². The summed E-state index contributed by atoms with van der Waals surface area (Å²) in [5, 5.41) is 7.95. The second-order valence-corrected chi connectivity index (χ2v) is 4.32. The number of hydrogen-bond donors (Lipinski definition) is 1. The fourth-order valence-electron chi connectivity index (χ4n) is 1.99. The third-order valence-electron chi connectivity index (χ3n) is 2.72. The van der Waals surface area contributed by atoms with Gasteiger partial charge in [0.2, 0.25) is 0 Å². The molecule has 1 aliphatic carbocycles. The molecule has 3 heteroatoms. The van der Waals surface area contributed by atoms with E-state index < -0.39 is 0 Å². The maximum atomic E-state index is 7.95. The number of nitrogens with zero attached hydrogens (tertiary/aromatic N) is 1. The lowest BCUT2D eigenvalue weighted by molar-refractivity contribution is -0.0489.